The summed E-state index contributed by atoms with van der Waals surface area (Å²) < 4.78 is 39.0. The Bertz CT molecular complexity index is 220. The average molecular weight is 212 g/mol. The first kappa shape index (κ1) is 13.0. The molecule has 82 valence electrons. The Hall–Kier alpha value is -0.975. The van der Waals surface area contributed by atoms with Crippen LogP contribution < -0.4 is 0 Å². The van der Waals surface area contributed by atoms with Crippen LogP contribution in [0.15, 0.2) is 23.9 Å². The van der Waals surface area contributed by atoms with Gasteiger partial charge in [0.25, 0.3) is 0 Å². The maximum atomic E-state index is 9.75. The zero-order valence-electron chi connectivity index (χ0n) is 7.88. The van der Waals surface area contributed by atoms with Crippen molar-refractivity contribution in [2.45, 2.75) is 6.92 Å². The van der Waals surface area contributed by atoms with Crippen molar-refractivity contribution in [2.24, 2.45) is 0 Å². The van der Waals surface area contributed by atoms with E-state index >= 15 is 0 Å². The molecule has 0 aromatic heterocycles. The molecule has 0 bridgehead atoms. The van der Waals surface area contributed by atoms with Crippen molar-refractivity contribution in [1.29, 1.82) is 0 Å². The SMILES string of the molecule is CON1C=CC(C)=CC1.F[B-](F)(F)F. The topological polar surface area (TPSA) is 12.5 Å². The van der Waals surface area contributed by atoms with Gasteiger partial charge in [0, 0.05) is 6.20 Å². The fourth-order valence-corrected chi connectivity index (χ4v) is 0.699. The Morgan fingerprint density at radius 1 is 1.36 bits per heavy atom. The normalized spacial score (nSPS) is 15.9. The Kier molecular flexibility index (Phi) is 5.30. The maximum absolute atomic E-state index is 9.75. The molecule has 0 fully saturated rings. The van der Waals surface area contributed by atoms with Gasteiger partial charge in [-0.15, -0.1) is 0 Å². The van der Waals surface area contributed by atoms with Crippen molar-refractivity contribution >= 4 is 7.25 Å². The Balaban J connectivity index is 0.000000292. The lowest BCUT2D eigenvalue weighted by Crippen LogP contribution is -2.17. The molecule has 1 heterocycles. The van der Waals surface area contributed by atoms with Crippen LogP contribution in [0, 0.1) is 0 Å². The minimum atomic E-state index is -6.00. The van der Waals surface area contributed by atoms with Crippen LogP contribution in [0.5, 0.6) is 0 Å². The number of hydroxylamine groups is 2. The predicted octanol–water partition coefficient (Wildman–Crippen LogP) is 2.62. The van der Waals surface area contributed by atoms with Crippen molar-refractivity contribution in [3.63, 3.8) is 0 Å². The van der Waals surface area contributed by atoms with Crippen LogP contribution in [-0.2, 0) is 4.84 Å². The molecule has 0 N–H and O–H groups in total. The molecule has 1 aliphatic heterocycles. The lowest BCUT2D eigenvalue weighted by atomic mass is 10.2. The fourth-order valence-electron chi connectivity index (χ4n) is 0.699. The molecule has 0 amide bonds. The molecule has 1 rings (SSSR count). The minimum Gasteiger partial charge on any atom is -0.418 e. The van der Waals surface area contributed by atoms with Crippen LogP contribution in [0.25, 0.3) is 0 Å². The minimum absolute atomic E-state index is 0.860. The molecular formula is C7H11BF4NO-. The number of hydrogen-bond donors (Lipinski definition) is 0. The van der Waals surface area contributed by atoms with Gasteiger partial charge in [0.1, 0.15) is 0 Å². The third kappa shape index (κ3) is 9.12. The zero-order valence-corrected chi connectivity index (χ0v) is 7.88. The highest BCUT2D eigenvalue weighted by molar-refractivity contribution is 6.50. The van der Waals surface area contributed by atoms with Crippen molar-refractivity contribution in [1.82, 2.24) is 5.06 Å². The van der Waals surface area contributed by atoms with Gasteiger partial charge in [-0.2, -0.15) is 0 Å². The molecule has 0 spiro atoms. The summed E-state index contributed by atoms with van der Waals surface area (Å²) in [4.78, 5) is 4.94. The summed E-state index contributed by atoms with van der Waals surface area (Å²) in [7, 11) is -4.33. The van der Waals surface area contributed by atoms with E-state index in [9.17, 15) is 17.3 Å². The van der Waals surface area contributed by atoms with Crippen molar-refractivity contribution in [3.05, 3.63) is 23.9 Å². The average Bonchev–Trinajstić information content (AvgIpc) is 2.03. The van der Waals surface area contributed by atoms with Crippen molar-refractivity contribution < 1.29 is 22.1 Å². The van der Waals surface area contributed by atoms with E-state index in [1.165, 1.54) is 5.57 Å². The molecule has 2 nitrogen and oxygen atoms in total. The summed E-state index contributed by atoms with van der Waals surface area (Å²) in [5.41, 5.74) is 1.29. The number of allylic oxidation sites excluding steroid dienone is 2. The second-order valence-electron chi connectivity index (χ2n) is 2.54. The zero-order chi connectivity index (χ0) is 11.2. The summed E-state index contributed by atoms with van der Waals surface area (Å²) in [6.45, 7) is 2.93. The van der Waals surface area contributed by atoms with Gasteiger partial charge in [-0.25, -0.2) is 0 Å². The van der Waals surface area contributed by atoms with Gasteiger partial charge in [-0.1, -0.05) is 11.6 Å². The molecule has 7 heteroatoms. The third-order valence-corrected chi connectivity index (χ3v) is 1.33. The van der Waals surface area contributed by atoms with E-state index in [2.05, 4.69) is 13.0 Å². The largest absolute Gasteiger partial charge is 0.673 e. The number of nitrogens with zero attached hydrogens (tertiary/aromatic N) is 1. The molecule has 0 aromatic carbocycles. The molecule has 1 aliphatic rings. The monoisotopic (exact) mass is 212 g/mol. The maximum Gasteiger partial charge on any atom is 0.673 e. The Labute approximate surface area is 79.9 Å². The Morgan fingerprint density at radius 3 is 2.14 bits per heavy atom. The first-order chi connectivity index (χ1) is 6.33. The molecule has 0 aliphatic carbocycles. The molecule has 0 aromatic rings. The molecule has 0 saturated heterocycles. The van der Waals surface area contributed by atoms with E-state index in [4.69, 9.17) is 4.84 Å². The van der Waals surface area contributed by atoms with E-state index in [-0.39, 0.29) is 0 Å². The quantitative estimate of drug-likeness (QED) is 0.489. The Morgan fingerprint density at radius 2 is 1.86 bits per heavy atom. The lowest BCUT2D eigenvalue weighted by molar-refractivity contribution is -0.0793. The van der Waals surface area contributed by atoms with Crippen LogP contribution >= 0.6 is 0 Å². The van der Waals surface area contributed by atoms with E-state index < -0.39 is 7.25 Å². The molecule has 14 heavy (non-hydrogen) atoms. The summed E-state index contributed by atoms with van der Waals surface area (Å²) >= 11 is 0. The van der Waals surface area contributed by atoms with E-state index in [0.29, 0.717) is 0 Å². The van der Waals surface area contributed by atoms with Gasteiger partial charge in [-0.05, 0) is 13.0 Å². The molecule has 0 radical (unpaired) electrons. The van der Waals surface area contributed by atoms with E-state index in [1.807, 2.05) is 12.3 Å². The lowest BCUT2D eigenvalue weighted by Gasteiger charge is -2.17. The fraction of sp³-hybridized carbons (Fsp3) is 0.429. The van der Waals surface area contributed by atoms with E-state index in [1.54, 1.807) is 12.2 Å². The van der Waals surface area contributed by atoms with Crippen molar-refractivity contribution in [3.8, 4) is 0 Å². The van der Waals surface area contributed by atoms with Gasteiger partial charge in [-0.3, -0.25) is 9.90 Å². The predicted molar refractivity (Wildman–Crippen MR) is 46.8 cm³/mol. The van der Waals surface area contributed by atoms with Crippen LogP contribution in [0.3, 0.4) is 0 Å². The number of halogens is 4. The number of rotatable bonds is 1. The summed E-state index contributed by atoms with van der Waals surface area (Å²) in [5, 5.41) is 1.77. The van der Waals surface area contributed by atoms with Crippen LogP contribution in [0.4, 0.5) is 17.3 Å². The highest BCUT2D eigenvalue weighted by atomic mass is 19.5. The van der Waals surface area contributed by atoms with Crippen LogP contribution in [0.2, 0.25) is 0 Å². The first-order valence-corrected chi connectivity index (χ1v) is 3.86. The highest BCUT2D eigenvalue weighted by Gasteiger charge is 2.20. The van der Waals surface area contributed by atoms with E-state index in [0.717, 1.165) is 6.54 Å². The molecule has 0 unspecified atom stereocenters. The second-order valence-corrected chi connectivity index (χ2v) is 2.54. The van der Waals surface area contributed by atoms with Gasteiger partial charge >= 0.3 is 7.25 Å². The smallest absolute Gasteiger partial charge is 0.418 e. The van der Waals surface area contributed by atoms with Gasteiger partial charge in [0.15, 0.2) is 0 Å². The summed E-state index contributed by atoms with van der Waals surface area (Å²) in [5.74, 6) is 0. The highest BCUT2D eigenvalue weighted by Crippen LogP contribution is 2.06. The summed E-state index contributed by atoms with van der Waals surface area (Å²) in [6.07, 6.45) is 6.06. The first-order valence-electron chi connectivity index (χ1n) is 3.86. The standard InChI is InChI=1S/C7H11NO.BF4/c1-7-3-5-8(9-2)6-4-7;2-1(3,4)5/h3-5H,6H2,1-2H3;/q;-1. The molecular weight excluding hydrogens is 201 g/mol. The number of hydrogen-bond acceptors (Lipinski definition) is 2. The second kappa shape index (κ2) is 5.69. The third-order valence-electron chi connectivity index (χ3n) is 1.33. The van der Waals surface area contributed by atoms with Crippen molar-refractivity contribution in [2.75, 3.05) is 13.7 Å². The van der Waals surface area contributed by atoms with Gasteiger partial charge < -0.3 is 17.3 Å². The van der Waals surface area contributed by atoms with Crippen LogP contribution in [-0.4, -0.2) is 26.0 Å². The molecule has 0 saturated carbocycles. The molecule has 0 atom stereocenters. The van der Waals surface area contributed by atoms with Crippen LogP contribution in [0.1, 0.15) is 6.92 Å². The summed E-state index contributed by atoms with van der Waals surface area (Å²) in [6, 6.07) is 0. The van der Waals surface area contributed by atoms with Gasteiger partial charge in [0.2, 0.25) is 0 Å². The van der Waals surface area contributed by atoms with Gasteiger partial charge in [0.05, 0.1) is 13.7 Å².